The Balaban J connectivity index is 1.87. The summed E-state index contributed by atoms with van der Waals surface area (Å²) in [4.78, 5) is 16.5. The summed E-state index contributed by atoms with van der Waals surface area (Å²) in [5, 5.41) is 9.31. The molecule has 0 aliphatic rings. The first-order valence-corrected chi connectivity index (χ1v) is 8.76. The Bertz CT molecular complexity index is 1080. The summed E-state index contributed by atoms with van der Waals surface area (Å²) in [7, 11) is 0. The fourth-order valence-corrected chi connectivity index (χ4v) is 3.20. The van der Waals surface area contributed by atoms with Gasteiger partial charge in [-0.3, -0.25) is 4.79 Å². The summed E-state index contributed by atoms with van der Waals surface area (Å²) in [6, 6.07) is 12.0. The fourth-order valence-electron chi connectivity index (χ4n) is 3.20. The highest BCUT2D eigenvalue weighted by molar-refractivity contribution is 5.90. The molecule has 1 amide bonds. The van der Waals surface area contributed by atoms with Crippen LogP contribution in [0.4, 0.5) is 17.6 Å². The molecule has 29 heavy (non-hydrogen) atoms. The lowest BCUT2D eigenvalue weighted by Gasteiger charge is -2.24. The van der Waals surface area contributed by atoms with E-state index >= 15 is 0 Å². The molecule has 1 N–H and O–H groups in total. The van der Waals surface area contributed by atoms with E-state index in [1.165, 1.54) is 42.5 Å². The molecule has 3 aromatic rings. The average molecular weight is 403 g/mol. The Hall–Kier alpha value is -3.34. The Morgan fingerprint density at radius 3 is 2.48 bits per heavy atom. The molecule has 0 atom stereocenters. The first kappa shape index (κ1) is 20.4. The normalized spacial score (nSPS) is 11.4. The molecule has 3 rings (SSSR count). The monoisotopic (exact) mass is 403 g/mol. The maximum absolute atomic E-state index is 13.6. The zero-order valence-electron chi connectivity index (χ0n) is 15.5. The molecule has 0 unspecified atom stereocenters. The number of aromatic amines is 1. The van der Waals surface area contributed by atoms with E-state index in [-0.39, 0.29) is 13.0 Å². The van der Waals surface area contributed by atoms with Crippen molar-refractivity contribution in [2.24, 2.45) is 0 Å². The number of benzene rings is 2. The van der Waals surface area contributed by atoms with E-state index in [9.17, 15) is 22.4 Å². The van der Waals surface area contributed by atoms with E-state index in [0.717, 1.165) is 4.90 Å². The molecule has 0 saturated heterocycles. The van der Waals surface area contributed by atoms with Crippen LogP contribution in [0.1, 0.15) is 22.4 Å². The van der Waals surface area contributed by atoms with Gasteiger partial charge in [0.05, 0.1) is 18.1 Å². The largest absolute Gasteiger partial charge is 0.406 e. The standard InChI is InChI=1S/C21H17F4N3O/c1-13-17(18-8-16(22)6-7-19(18)27-13)9-20(29)28(12-21(23,24)25)11-15-4-2-14(10-26)3-5-15/h2-8,27H,9,11-12H2,1H3. The zero-order chi connectivity index (χ0) is 21.2. The summed E-state index contributed by atoms with van der Waals surface area (Å²) in [6.07, 6.45) is -4.86. The molecule has 0 fully saturated rings. The maximum Gasteiger partial charge on any atom is 0.406 e. The smallest absolute Gasteiger partial charge is 0.358 e. The number of hydrogen-bond donors (Lipinski definition) is 1. The molecular weight excluding hydrogens is 386 g/mol. The highest BCUT2D eigenvalue weighted by Gasteiger charge is 2.33. The average Bonchev–Trinajstić information content (AvgIpc) is 2.95. The second-order valence-electron chi connectivity index (χ2n) is 6.77. The van der Waals surface area contributed by atoms with Crippen molar-refractivity contribution in [3.05, 3.63) is 70.7 Å². The third kappa shape index (κ3) is 4.93. The fraction of sp³-hybridized carbons (Fsp3) is 0.238. The minimum Gasteiger partial charge on any atom is -0.358 e. The third-order valence-corrected chi connectivity index (χ3v) is 4.59. The molecular formula is C21H17F4N3O. The molecule has 0 aliphatic carbocycles. The Kier molecular flexibility index (Phi) is 5.59. The van der Waals surface area contributed by atoms with E-state index in [4.69, 9.17) is 5.26 Å². The minimum absolute atomic E-state index is 0.250. The molecule has 0 bridgehead atoms. The van der Waals surface area contributed by atoms with Gasteiger partial charge >= 0.3 is 6.18 Å². The molecule has 0 saturated carbocycles. The van der Waals surface area contributed by atoms with Crippen LogP contribution in [0.3, 0.4) is 0 Å². The van der Waals surface area contributed by atoms with Gasteiger partial charge in [0.25, 0.3) is 0 Å². The molecule has 8 heteroatoms. The summed E-state index contributed by atoms with van der Waals surface area (Å²) >= 11 is 0. The molecule has 0 aliphatic heterocycles. The Morgan fingerprint density at radius 2 is 1.86 bits per heavy atom. The van der Waals surface area contributed by atoms with E-state index < -0.39 is 24.4 Å². The molecule has 1 aromatic heterocycles. The quantitative estimate of drug-likeness (QED) is 0.632. The van der Waals surface area contributed by atoms with Crippen molar-refractivity contribution >= 4 is 16.8 Å². The lowest BCUT2D eigenvalue weighted by atomic mass is 10.1. The van der Waals surface area contributed by atoms with Crippen LogP contribution < -0.4 is 0 Å². The van der Waals surface area contributed by atoms with Gasteiger partial charge in [-0.25, -0.2) is 4.39 Å². The number of halogens is 4. The number of alkyl halides is 3. The van der Waals surface area contributed by atoms with E-state index in [0.29, 0.717) is 33.3 Å². The minimum atomic E-state index is -4.57. The van der Waals surface area contributed by atoms with Gasteiger partial charge in [-0.05, 0) is 48.4 Å². The van der Waals surface area contributed by atoms with Crippen molar-refractivity contribution in [2.75, 3.05) is 6.54 Å². The van der Waals surface area contributed by atoms with Gasteiger partial charge in [-0.15, -0.1) is 0 Å². The predicted octanol–water partition coefficient (Wildman–Crippen LogP) is 4.62. The number of fused-ring (bicyclic) bond motifs is 1. The van der Waals surface area contributed by atoms with Crippen molar-refractivity contribution in [1.29, 1.82) is 5.26 Å². The molecule has 2 aromatic carbocycles. The van der Waals surface area contributed by atoms with E-state index in [2.05, 4.69) is 4.98 Å². The van der Waals surface area contributed by atoms with Crippen LogP contribution in [-0.4, -0.2) is 28.5 Å². The van der Waals surface area contributed by atoms with Crippen LogP contribution in [0.5, 0.6) is 0 Å². The summed E-state index contributed by atoms with van der Waals surface area (Å²) in [5.74, 6) is -1.21. The topological polar surface area (TPSA) is 59.9 Å². The van der Waals surface area contributed by atoms with Gasteiger partial charge in [-0.2, -0.15) is 18.4 Å². The molecule has 150 valence electrons. The number of carbonyl (C=O) groups excluding carboxylic acids is 1. The Labute approximate surface area is 164 Å². The second-order valence-corrected chi connectivity index (χ2v) is 6.77. The van der Waals surface area contributed by atoms with Gasteiger partial charge in [0.2, 0.25) is 5.91 Å². The number of amides is 1. The maximum atomic E-state index is 13.6. The van der Waals surface area contributed by atoms with Gasteiger partial charge in [0.15, 0.2) is 0 Å². The zero-order valence-corrected chi connectivity index (χ0v) is 15.5. The summed E-state index contributed by atoms with van der Waals surface area (Å²) in [6.45, 7) is 0.0383. The van der Waals surface area contributed by atoms with Crippen LogP contribution in [0.25, 0.3) is 10.9 Å². The van der Waals surface area contributed by atoms with Crippen molar-refractivity contribution in [3.63, 3.8) is 0 Å². The van der Waals surface area contributed by atoms with Crippen LogP contribution in [-0.2, 0) is 17.8 Å². The van der Waals surface area contributed by atoms with Crippen molar-refractivity contribution in [3.8, 4) is 6.07 Å². The molecule has 4 nitrogen and oxygen atoms in total. The van der Waals surface area contributed by atoms with Crippen molar-refractivity contribution in [2.45, 2.75) is 26.1 Å². The van der Waals surface area contributed by atoms with Crippen LogP contribution in [0, 0.1) is 24.1 Å². The number of nitriles is 1. The van der Waals surface area contributed by atoms with Crippen LogP contribution in [0.15, 0.2) is 42.5 Å². The van der Waals surface area contributed by atoms with Gasteiger partial charge in [0, 0.05) is 23.1 Å². The number of nitrogens with zero attached hydrogens (tertiary/aromatic N) is 2. The summed E-state index contributed by atoms with van der Waals surface area (Å²) in [5.41, 5.74) is 2.53. The van der Waals surface area contributed by atoms with Gasteiger partial charge in [-0.1, -0.05) is 12.1 Å². The molecule has 0 radical (unpaired) electrons. The highest BCUT2D eigenvalue weighted by Crippen LogP contribution is 2.25. The Morgan fingerprint density at radius 1 is 1.17 bits per heavy atom. The summed E-state index contributed by atoms with van der Waals surface area (Å²) < 4.78 is 52.8. The number of carbonyl (C=O) groups is 1. The third-order valence-electron chi connectivity index (χ3n) is 4.59. The number of rotatable bonds is 5. The first-order valence-electron chi connectivity index (χ1n) is 8.76. The predicted molar refractivity (Wildman–Crippen MR) is 99.3 cm³/mol. The van der Waals surface area contributed by atoms with Gasteiger partial charge < -0.3 is 9.88 Å². The van der Waals surface area contributed by atoms with Crippen LogP contribution >= 0.6 is 0 Å². The van der Waals surface area contributed by atoms with Gasteiger partial charge in [0.1, 0.15) is 12.4 Å². The van der Waals surface area contributed by atoms with E-state index in [1.54, 1.807) is 6.92 Å². The van der Waals surface area contributed by atoms with Crippen molar-refractivity contribution in [1.82, 2.24) is 9.88 Å². The number of hydrogen-bond acceptors (Lipinski definition) is 2. The van der Waals surface area contributed by atoms with Crippen LogP contribution in [0.2, 0.25) is 0 Å². The number of nitrogens with one attached hydrogen (secondary N) is 1. The van der Waals surface area contributed by atoms with E-state index in [1.807, 2.05) is 6.07 Å². The molecule has 1 heterocycles. The lowest BCUT2D eigenvalue weighted by Crippen LogP contribution is -2.39. The number of H-pyrrole nitrogens is 1. The number of aryl methyl sites for hydroxylation is 1. The molecule has 0 spiro atoms. The first-order chi connectivity index (χ1) is 13.7. The van der Waals surface area contributed by atoms with Crippen molar-refractivity contribution < 1.29 is 22.4 Å². The lowest BCUT2D eigenvalue weighted by molar-refractivity contribution is -0.162. The highest BCUT2D eigenvalue weighted by atomic mass is 19.4. The second kappa shape index (κ2) is 7.95. The number of aromatic nitrogens is 1. The SMILES string of the molecule is Cc1[nH]c2ccc(F)cc2c1CC(=O)N(Cc1ccc(C#N)cc1)CC(F)(F)F.